The van der Waals surface area contributed by atoms with Gasteiger partial charge >= 0.3 is 0 Å². The molecule has 9 heteroatoms. The van der Waals surface area contributed by atoms with Gasteiger partial charge in [0, 0.05) is 36.0 Å². The van der Waals surface area contributed by atoms with Crippen LogP contribution >= 0.6 is 0 Å². The smallest absolute Gasteiger partial charge is 0.277 e. The molecule has 1 saturated carbocycles. The minimum Gasteiger partial charge on any atom is -0.497 e. The molecule has 3 aliphatic rings. The summed E-state index contributed by atoms with van der Waals surface area (Å²) in [5, 5.41) is 4.39. The lowest BCUT2D eigenvalue weighted by Gasteiger charge is -2.45. The molecule has 200 valence electrons. The lowest BCUT2D eigenvalue weighted by molar-refractivity contribution is 0.0973. The van der Waals surface area contributed by atoms with Crippen LogP contribution in [-0.4, -0.2) is 68.5 Å². The first-order valence-electron chi connectivity index (χ1n) is 13.4. The summed E-state index contributed by atoms with van der Waals surface area (Å²) in [6.07, 6.45) is 7.84. The predicted molar refractivity (Wildman–Crippen MR) is 146 cm³/mol. The summed E-state index contributed by atoms with van der Waals surface area (Å²) >= 11 is 0. The Balaban J connectivity index is 1.32. The molecule has 6 rings (SSSR count). The molecule has 0 N–H and O–H groups in total. The maximum absolute atomic E-state index is 13.9. The first kappa shape index (κ1) is 25.1. The van der Waals surface area contributed by atoms with Gasteiger partial charge < -0.3 is 14.5 Å². The first-order chi connectivity index (χ1) is 18.3. The van der Waals surface area contributed by atoms with Gasteiger partial charge in [-0.05, 0) is 87.2 Å². The SMILES string of the molecule is COc1ccc(-n2nc(S(C)(=O)=O)c3c2C(=O)N(c2ccc(C4(CN5CCCC5)CCC4)cc2)CC3)cc1. The molecule has 3 heterocycles. The number of hydrogen-bond acceptors (Lipinski definition) is 6. The fourth-order valence-corrected chi connectivity index (χ4v) is 7.16. The Morgan fingerprint density at radius 3 is 2.16 bits per heavy atom. The highest BCUT2D eigenvalue weighted by Crippen LogP contribution is 2.45. The Labute approximate surface area is 224 Å². The number of anilines is 1. The van der Waals surface area contributed by atoms with Crippen LogP contribution in [0.5, 0.6) is 5.75 Å². The van der Waals surface area contributed by atoms with Gasteiger partial charge in [0.25, 0.3) is 5.91 Å². The number of ether oxygens (including phenoxy) is 1. The topological polar surface area (TPSA) is 84.7 Å². The number of rotatable bonds is 7. The van der Waals surface area contributed by atoms with E-state index in [4.69, 9.17) is 4.74 Å². The van der Waals surface area contributed by atoms with Gasteiger partial charge in [-0.25, -0.2) is 13.1 Å². The minimum atomic E-state index is -3.61. The van der Waals surface area contributed by atoms with E-state index in [1.54, 1.807) is 36.3 Å². The number of methoxy groups -OCH3 is 1. The number of nitrogens with zero attached hydrogens (tertiary/aromatic N) is 4. The number of sulfone groups is 1. The summed E-state index contributed by atoms with van der Waals surface area (Å²) in [5.74, 6) is 0.424. The lowest BCUT2D eigenvalue weighted by atomic mass is 9.64. The normalized spacial score (nSPS) is 19.3. The minimum absolute atomic E-state index is 0.0273. The van der Waals surface area contributed by atoms with Gasteiger partial charge in [-0.1, -0.05) is 18.6 Å². The second-order valence-electron chi connectivity index (χ2n) is 10.9. The zero-order valence-electron chi connectivity index (χ0n) is 22.0. The van der Waals surface area contributed by atoms with Crippen molar-refractivity contribution in [3.63, 3.8) is 0 Å². The molecule has 0 spiro atoms. The zero-order valence-corrected chi connectivity index (χ0v) is 22.8. The lowest BCUT2D eigenvalue weighted by Crippen LogP contribution is -2.45. The summed E-state index contributed by atoms with van der Waals surface area (Å²) in [6.45, 7) is 3.91. The summed E-state index contributed by atoms with van der Waals surface area (Å²) in [5.41, 5.74) is 3.79. The van der Waals surface area contributed by atoms with Crippen LogP contribution in [-0.2, 0) is 21.7 Å². The number of likely N-dealkylation sites (tertiary alicyclic amines) is 1. The molecule has 38 heavy (non-hydrogen) atoms. The van der Waals surface area contributed by atoms with Gasteiger partial charge in [-0.2, -0.15) is 5.10 Å². The van der Waals surface area contributed by atoms with E-state index in [9.17, 15) is 13.2 Å². The molecule has 1 amide bonds. The summed E-state index contributed by atoms with van der Waals surface area (Å²) < 4.78 is 31.9. The van der Waals surface area contributed by atoms with Crippen LogP contribution in [0.15, 0.2) is 53.6 Å². The number of fused-ring (bicyclic) bond motifs is 1. The number of hydrogen-bond donors (Lipinski definition) is 0. The average molecular weight is 535 g/mol. The highest BCUT2D eigenvalue weighted by Gasteiger charge is 2.41. The molecule has 0 atom stereocenters. The first-order valence-corrected chi connectivity index (χ1v) is 15.3. The Morgan fingerprint density at radius 2 is 1.58 bits per heavy atom. The maximum atomic E-state index is 13.9. The predicted octanol–water partition coefficient (Wildman–Crippen LogP) is 4.00. The Bertz CT molecular complexity index is 1450. The Kier molecular flexibility index (Phi) is 6.31. The van der Waals surface area contributed by atoms with Crippen LogP contribution in [0.1, 0.15) is 53.7 Å². The molecule has 3 aromatic rings. The third kappa shape index (κ3) is 4.31. The van der Waals surface area contributed by atoms with Crippen molar-refractivity contribution in [2.24, 2.45) is 0 Å². The number of carbonyl (C=O) groups is 1. The molecule has 0 bridgehead atoms. The molecule has 1 aliphatic carbocycles. The second kappa shape index (κ2) is 9.54. The van der Waals surface area contributed by atoms with Gasteiger partial charge in [-0.15, -0.1) is 0 Å². The summed E-state index contributed by atoms with van der Waals surface area (Å²) in [4.78, 5) is 18.2. The molecule has 1 aromatic heterocycles. The summed E-state index contributed by atoms with van der Waals surface area (Å²) in [7, 11) is -2.03. The van der Waals surface area contributed by atoms with Crippen molar-refractivity contribution in [1.29, 1.82) is 0 Å². The average Bonchev–Trinajstić information content (AvgIpc) is 3.55. The number of carbonyl (C=O) groups excluding carboxylic acids is 1. The Morgan fingerprint density at radius 1 is 0.921 bits per heavy atom. The monoisotopic (exact) mass is 534 g/mol. The van der Waals surface area contributed by atoms with Crippen molar-refractivity contribution < 1.29 is 17.9 Å². The van der Waals surface area contributed by atoms with Crippen molar-refractivity contribution in [2.75, 3.05) is 44.4 Å². The zero-order chi connectivity index (χ0) is 26.5. The van der Waals surface area contributed by atoms with Crippen LogP contribution in [0.2, 0.25) is 0 Å². The molecule has 2 aromatic carbocycles. The van der Waals surface area contributed by atoms with Gasteiger partial charge in [0.2, 0.25) is 0 Å². The molecule has 2 aliphatic heterocycles. The molecular formula is C29H34N4O4S. The van der Waals surface area contributed by atoms with Crippen molar-refractivity contribution >= 4 is 21.4 Å². The van der Waals surface area contributed by atoms with Crippen molar-refractivity contribution in [1.82, 2.24) is 14.7 Å². The highest BCUT2D eigenvalue weighted by atomic mass is 32.2. The van der Waals surface area contributed by atoms with Crippen molar-refractivity contribution in [2.45, 2.75) is 49.0 Å². The van der Waals surface area contributed by atoms with E-state index in [0.717, 1.165) is 18.5 Å². The maximum Gasteiger partial charge on any atom is 0.277 e. The van der Waals surface area contributed by atoms with Gasteiger partial charge in [0.05, 0.1) is 12.8 Å². The molecule has 1 saturated heterocycles. The van der Waals surface area contributed by atoms with Crippen molar-refractivity contribution in [3.05, 3.63) is 65.4 Å². The highest BCUT2D eigenvalue weighted by molar-refractivity contribution is 7.90. The van der Waals surface area contributed by atoms with E-state index in [-0.39, 0.29) is 16.3 Å². The molecular weight excluding hydrogens is 500 g/mol. The van der Waals surface area contributed by atoms with E-state index in [1.807, 2.05) is 12.1 Å². The van der Waals surface area contributed by atoms with E-state index in [0.29, 0.717) is 35.7 Å². The van der Waals surface area contributed by atoms with E-state index in [2.05, 4.69) is 22.1 Å². The number of aromatic nitrogens is 2. The third-order valence-electron chi connectivity index (χ3n) is 8.47. The number of amides is 1. The van der Waals surface area contributed by atoms with Crippen LogP contribution in [0, 0.1) is 0 Å². The van der Waals surface area contributed by atoms with Crippen LogP contribution < -0.4 is 9.64 Å². The van der Waals surface area contributed by atoms with E-state index >= 15 is 0 Å². The third-order valence-corrected chi connectivity index (χ3v) is 9.51. The van der Waals surface area contributed by atoms with Gasteiger partial charge in [0.1, 0.15) is 11.4 Å². The summed E-state index contributed by atoms with van der Waals surface area (Å²) in [6, 6.07) is 15.6. The van der Waals surface area contributed by atoms with Crippen molar-refractivity contribution in [3.8, 4) is 11.4 Å². The molecule has 0 radical (unpaired) electrons. The second-order valence-corrected chi connectivity index (χ2v) is 12.8. The van der Waals surface area contributed by atoms with E-state index < -0.39 is 9.84 Å². The molecule has 8 nitrogen and oxygen atoms in total. The van der Waals surface area contributed by atoms with Crippen LogP contribution in [0.3, 0.4) is 0 Å². The molecule has 0 unspecified atom stereocenters. The van der Waals surface area contributed by atoms with Gasteiger partial charge in [-0.3, -0.25) is 4.79 Å². The largest absolute Gasteiger partial charge is 0.497 e. The van der Waals surface area contributed by atoms with Crippen LogP contribution in [0.25, 0.3) is 5.69 Å². The quantitative estimate of drug-likeness (QED) is 0.456. The Hall–Kier alpha value is -3.17. The fraction of sp³-hybridized carbons (Fsp3) is 0.448. The van der Waals surface area contributed by atoms with Crippen LogP contribution in [0.4, 0.5) is 5.69 Å². The standard InChI is InChI=1S/C29H34N4O4S/c1-37-24-12-10-23(11-13-24)33-26-25(27(30-33)38(2,35)36)14-19-32(28(26)34)22-8-6-21(7-9-22)29(15-5-16-29)20-31-17-3-4-18-31/h6-13H,3-5,14-20H2,1-2H3. The molecule has 2 fully saturated rings. The van der Waals surface area contributed by atoms with Gasteiger partial charge in [0.15, 0.2) is 14.9 Å². The fourth-order valence-electron chi connectivity index (χ4n) is 6.29. The van der Waals surface area contributed by atoms with E-state index in [1.165, 1.54) is 55.4 Å². The number of benzene rings is 2.